The van der Waals surface area contributed by atoms with Crippen LogP contribution in [0.1, 0.15) is 24.3 Å². The van der Waals surface area contributed by atoms with Crippen LogP contribution in [0, 0.1) is 0 Å². The first kappa shape index (κ1) is 16.2. The van der Waals surface area contributed by atoms with Crippen molar-refractivity contribution in [1.82, 2.24) is 15.1 Å². The number of rotatable bonds is 6. The second kappa shape index (κ2) is 7.77. The lowest BCUT2D eigenvalue weighted by Gasteiger charge is -2.32. The molecule has 0 amide bonds. The van der Waals surface area contributed by atoms with Gasteiger partial charge in [0.15, 0.2) is 0 Å². The van der Waals surface area contributed by atoms with Crippen LogP contribution < -0.4 is 11.1 Å². The summed E-state index contributed by atoms with van der Waals surface area (Å²) in [6, 6.07) is 8.89. The number of piperidine rings is 1. The van der Waals surface area contributed by atoms with E-state index in [2.05, 4.69) is 26.5 Å². The molecule has 0 unspecified atom stereocenters. The van der Waals surface area contributed by atoms with Crippen molar-refractivity contribution in [2.75, 3.05) is 25.0 Å². The van der Waals surface area contributed by atoms with E-state index in [1.165, 1.54) is 5.56 Å². The van der Waals surface area contributed by atoms with Crippen molar-refractivity contribution in [3.8, 4) is 0 Å². The third-order valence-electron chi connectivity index (χ3n) is 4.09. The largest absolute Gasteiger partial charge is 0.408 e. The number of likely N-dealkylation sites (tertiary alicyclic amines) is 1. The van der Waals surface area contributed by atoms with Crippen molar-refractivity contribution in [3.05, 3.63) is 40.7 Å². The molecule has 1 aromatic carbocycles. The number of aromatic nitrogens is 2. The molecule has 0 radical (unpaired) electrons. The molecule has 1 aliphatic rings. The predicted molar refractivity (Wildman–Crippen MR) is 90.4 cm³/mol. The zero-order valence-corrected chi connectivity index (χ0v) is 13.8. The normalized spacial score (nSPS) is 16.6. The van der Waals surface area contributed by atoms with Crippen molar-refractivity contribution in [2.24, 2.45) is 5.73 Å². The van der Waals surface area contributed by atoms with Gasteiger partial charge in [-0.05, 0) is 24.5 Å². The molecular formula is C16H22ClN5O. The van der Waals surface area contributed by atoms with Gasteiger partial charge in [0.2, 0.25) is 5.89 Å². The van der Waals surface area contributed by atoms with E-state index in [0.717, 1.165) is 37.5 Å². The fraction of sp³-hybridized carbons (Fsp3) is 0.500. The molecule has 0 aliphatic carbocycles. The number of anilines is 1. The number of nitrogens with one attached hydrogen (secondary N) is 1. The number of benzene rings is 1. The highest BCUT2D eigenvalue weighted by Crippen LogP contribution is 2.21. The monoisotopic (exact) mass is 335 g/mol. The molecule has 124 valence electrons. The zero-order valence-electron chi connectivity index (χ0n) is 13.0. The first-order valence-electron chi connectivity index (χ1n) is 7.99. The van der Waals surface area contributed by atoms with E-state index in [1.54, 1.807) is 0 Å². The summed E-state index contributed by atoms with van der Waals surface area (Å²) in [5, 5.41) is 12.1. The molecule has 1 fully saturated rings. The molecule has 3 N–H and O–H groups in total. The van der Waals surface area contributed by atoms with Crippen LogP contribution in [-0.2, 0) is 13.0 Å². The fourth-order valence-electron chi connectivity index (χ4n) is 2.81. The molecule has 0 spiro atoms. The summed E-state index contributed by atoms with van der Waals surface area (Å²) < 4.78 is 5.52. The Hall–Kier alpha value is -1.63. The first-order valence-corrected chi connectivity index (χ1v) is 8.37. The van der Waals surface area contributed by atoms with E-state index < -0.39 is 0 Å². The lowest BCUT2D eigenvalue weighted by atomic mass is 10.0. The van der Waals surface area contributed by atoms with Crippen LogP contribution in [0.25, 0.3) is 0 Å². The van der Waals surface area contributed by atoms with Gasteiger partial charge in [-0.3, -0.25) is 4.90 Å². The van der Waals surface area contributed by atoms with Gasteiger partial charge >= 0.3 is 6.01 Å². The Bertz CT molecular complexity index is 624. The minimum Gasteiger partial charge on any atom is -0.408 e. The van der Waals surface area contributed by atoms with Crippen LogP contribution in [0.4, 0.5) is 6.01 Å². The number of halogens is 1. The average molecular weight is 336 g/mol. The summed E-state index contributed by atoms with van der Waals surface area (Å²) >= 11 is 6.23. The number of nitrogens with zero attached hydrogens (tertiary/aromatic N) is 3. The van der Waals surface area contributed by atoms with Crippen molar-refractivity contribution in [1.29, 1.82) is 0 Å². The van der Waals surface area contributed by atoms with Crippen molar-refractivity contribution in [3.63, 3.8) is 0 Å². The Morgan fingerprint density at radius 3 is 2.78 bits per heavy atom. The van der Waals surface area contributed by atoms with Gasteiger partial charge in [0.1, 0.15) is 0 Å². The summed E-state index contributed by atoms with van der Waals surface area (Å²) in [5.74, 6) is 0.589. The molecule has 1 aromatic heterocycles. The third-order valence-corrected chi connectivity index (χ3v) is 4.46. The van der Waals surface area contributed by atoms with Crippen LogP contribution in [0.2, 0.25) is 5.02 Å². The standard InChI is InChI=1S/C16H22ClN5O/c17-14-4-2-1-3-12(14)11-22-9-6-13(7-10-22)19-16-21-20-15(23-16)5-8-18/h1-4,13H,5-11,18H2,(H,19,21). The molecule has 3 rings (SSSR count). The molecule has 2 aromatic rings. The number of hydrogen-bond donors (Lipinski definition) is 2. The van der Waals surface area contributed by atoms with Crippen molar-refractivity contribution in [2.45, 2.75) is 31.8 Å². The van der Waals surface area contributed by atoms with Crippen molar-refractivity contribution < 1.29 is 4.42 Å². The summed E-state index contributed by atoms with van der Waals surface area (Å²) in [6.45, 7) is 3.45. The van der Waals surface area contributed by atoms with Gasteiger partial charge in [0.25, 0.3) is 0 Å². The molecule has 7 heteroatoms. The molecule has 2 heterocycles. The number of hydrogen-bond acceptors (Lipinski definition) is 6. The Labute approximate surface area is 141 Å². The maximum atomic E-state index is 6.23. The van der Waals surface area contributed by atoms with Gasteiger partial charge in [-0.2, -0.15) is 0 Å². The van der Waals surface area contributed by atoms with Gasteiger partial charge in [-0.1, -0.05) is 34.9 Å². The van der Waals surface area contributed by atoms with E-state index >= 15 is 0 Å². The molecule has 6 nitrogen and oxygen atoms in total. The van der Waals surface area contributed by atoms with Crippen LogP contribution >= 0.6 is 11.6 Å². The maximum Gasteiger partial charge on any atom is 0.315 e. The SMILES string of the molecule is NCCc1nnc(NC2CCN(Cc3ccccc3Cl)CC2)o1. The molecule has 0 bridgehead atoms. The van der Waals surface area contributed by atoms with Crippen LogP contribution in [0.5, 0.6) is 0 Å². The third kappa shape index (κ3) is 4.43. The van der Waals surface area contributed by atoms with Gasteiger partial charge in [0, 0.05) is 43.7 Å². The minimum atomic E-state index is 0.365. The molecule has 0 atom stereocenters. The quantitative estimate of drug-likeness (QED) is 0.843. The second-order valence-electron chi connectivity index (χ2n) is 5.83. The summed E-state index contributed by atoms with van der Waals surface area (Å²) in [6.07, 6.45) is 2.70. The highest BCUT2D eigenvalue weighted by Gasteiger charge is 2.21. The van der Waals surface area contributed by atoms with Crippen molar-refractivity contribution >= 4 is 17.6 Å². The summed E-state index contributed by atoms with van der Waals surface area (Å²) in [7, 11) is 0. The van der Waals surface area contributed by atoms with Crippen LogP contribution in [-0.4, -0.2) is 40.8 Å². The lowest BCUT2D eigenvalue weighted by molar-refractivity contribution is 0.210. The Morgan fingerprint density at radius 1 is 1.26 bits per heavy atom. The topological polar surface area (TPSA) is 80.2 Å². The highest BCUT2D eigenvalue weighted by atomic mass is 35.5. The van der Waals surface area contributed by atoms with Crippen LogP contribution in [0.15, 0.2) is 28.7 Å². The Kier molecular flexibility index (Phi) is 5.48. The van der Waals surface area contributed by atoms with E-state index in [9.17, 15) is 0 Å². The van der Waals surface area contributed by atoms with E-state index in [1.807, 2.05) is 18.2 Å². The Morgan fingerprint density at radius 2 is 2.04 bits per heavy atom. The molecule has 23 heavy (non-hydrogen) atoms. The van der Waals surface area contributed by atoms with Gasteiger partial charge in [-0.15, -0.1) is 5.10 Å². The smallest absolute Gasteiger partial charge is 0.315 e. The first-order chi connectivity index (χ1) is 11.2. The second-order valence-corrected chi connectivity index (χ2v) is 6.23. The van der Waals surface area contributed by atoms with E-state index in [4.69, 9.17) is 21.8 Å². The molecular weight excluding hydrogens is 314 g/mol. The molecule has 1 aliphatic heterocycles. The zero-order chi connectivity index (χ0) is 16.1. The average Bonchev–Trinajstić information content (AvgIpc) is 2.99. The Balaban J connectivity index is 1.47. The van der Waals surface area contributed by atoms with E-state index in [-0.39, 0.29) is 0 Å². The highest BCUT2D eigenvalue weighted by molar-refractivity contribution is 6.31. The van der Waals surface area contributed by atoms with Gasteiger partial charge in [0.05, 0.1) is 0 Å². The van der Waals surface area contributed by atoms with E-state index in [0.29, 0.717) is 30.9 Å². The number of nitrogens with two attached hydrogens (primary N) is 1. The minimum absolute atomic E-state index is 0.365. The fourth-order valence-corrected chi connectivity index (χ4v) is 3.01. The summed E-state index contributed by atoms with van der Waals surface area (Å²) in [5.41, 5.74) is 6.66. The molecule has 0 saturated carbocycles. The van der Waals surface area contributed by atoms with Crippen LogP contribution in [0.3, 0.4) is 0 Å². The summed E-state index contributed by atoms with van der Waals surface area (Å²) in [4.78, 5) is 2.42. The van der Waals surface area contributed by atoms with Gasteiger partial charge < -0.3 is 15.5 Å². The molecule has 1 saturated heterocycles. The maximum absolute atomic E-state index is 6.23. The van der Waals surface area contributed by atoms with Gasteiger partial charge in [-0.25, -0.2) is 0 Å². The lowest BCUT2D eigenvalue weighted by Crippen LogP contribution is -2.38. The predicted octanol–water partition coefficient (Wildman–Crippen LogP) is 2.30.